The summed E-state index contributed by atoms with van der Waals surface area (Å²) in [5, 5.41) is 8.85. The summed E-state index contributed by atoms with van der Waals surface area (Å²) in [4.78, 5) is 0. The molecule has 0 aromatic carbocycles. The predicted octanol–water partition coefficient (Wildman–Crippen LogP) is 2.92. The van der Waals surface area contributed by atoms with Gasteiger partial charge in [0.25, 0.3) is 0 Å². The molecule has 74 valence electrons. The lowest BCUT2D eigenvalue weighted by Crippen LogP contribution is -2.16. The van der Waals surface area contributed by atoms with E-state index in [0.717, 1.165) is 12.0 Å². The van der Waals surface area contributed by atoms with Crippen LogP contribution in [0.25, 0.3) is 0 Å². The molecule has 1 N–H and O–H groups in total. The lowest BCUT2D eigenvalue weighted by atomic mass is 9.80. The van der Waals surface area contributed by atoms with E-state index in [1.54, 1.807) is 0 Å². The Morgan fingerprint density at radius 3 is 2.77 bits per heavy atom. The van der Waals surface area contributed by atoms with Crippen LogP contribution in [-0.2, 0) is 0 Å². The van der Waals surface area contributed by atoms with Gasteiger partial charge in [-0.3, -0.25) is 0 Å². The van der Waals surface area contributed by atoms with Crippen LogP contribution in [0.3, 0.4) is 0 Å². The molecule has 13 heavy (non-hydrogen) atoms. The molecule has 1 aliphatic rings. The van der Waals surface area contributed by atoms with E-state index in [4.69, 9.17) is 5.11 Å². The van der Waals surface area contributed by atoms with Gasteiger partial charge in [-0.05, 0) is 31.1 Å². The van der Waals surface area contributed by atoms with Gasteiger partial charge in [0.2, 0.25) is 0 Å². The van der Waals surface area contributed by atoms with Crippen molar-refractivity contribution in [2.24, 2.45) is 11.3 Å². The molecule has 0 fully saturated rings. The van der Waals surface area contributed by atoms with Crippen LogP contribution in [-0.4, -0.2) is 11.7 Å². The third-order valence-corrected chi connectivity index (χ3v) is 3.02. The number of allylic oxidation sites excluding steroid dienone is 3. The molecular weight excluding hydrogens is 160 g/mol. The first-order valence-electron chi connectivity index (χ1n) is 5.00. The maximum Gasteiger partial charge on any atom is 0.0639 e. The Kier molecular flexibility index (Phi) is 3.32. The number of aliphatic hydroxyl groups is 1. The Hall–Kier alpha value is -0.560. The molecule has 0 heterocycles. The highest BCUT2D eigenvalue weighted by Crippen LogP contribution is 2.39. The van der Waals surface area contributed by atoms with Crippen LogP contribution in [0.2, 0.25) is 0 Å². The van der Waals surface area contributed by atoms with E-state index < -0.39 is 0 Å². The van der Waals surface area contributed by atoms with Crippen molar-refractivity contribution in [3.8, 4) is 0 Å². The molecule has 1 nitrogen and oxygen atoms in total. The summed E-state index contributed by atoms with van der Waals surface area (Å²) in [7, 11) is 0. The monoisotopic (exact) mass is 180 g/mol. The molecule has 0 aliphatic heterocycles. The minimum Gasteiger partial charge on any atom is -0.392 e. The summed E-state index contributed by atoms with van der Waals surface area (Å²) >= 11 is 0. The van der Waals surface area contributed by atoms with E-state index in [1.165, 1.54) is 6.42 Å². The molecule has 1 unspecified atom stereocenters. The Labute approximate surface area is 81.2 Å². The Morgan fingerprint density at radius 2 is 2.31 bits per heavy atom. The summed E-state index contributed by atoms with van der Waals surface area (Å²) in [6, 6.07) is 0. The smallest absolute Gasteiger partial charge is 0.0639 e. The van der Waals surface area contributed by atoms with Crippen LogP contribution >= 0.6 is 0 Å². The fraction of sp³-hybridized carbons (Fsp3) is 0.667. The Bertz CT molecular complexity index is 223. The molecule has 0 aromatic rings. The molecule has 1 rings (SSSR count). The SMILES string of the molecule is C/C(=C/CC1CC=CC1(C)C)CO. The molecule has 0 bridgehead atoms. The van der Waals surface area contributed by atoms with Gasteiger partial charge < -0.3 is 5.11 Å². The van der Waals surface area contributed by atoms with Gasteiger partial charge in [0.15, 0.2) is 0 Å². The van der Waals surface area contributed by atoms with Crippen molar-refractivity contribution < 1.29 is 5.11 Å². The summed E-state index contributed by atoms with van der Waals surface area (Å²) in [6.45, 7) is 6.74. The molecule has 0 saturated heterocycles. The fourth-order valence-corrected chi connectivity index (χ4v) is 1.78. The van der Waals surface area contributed by atoms with Gasteiger partial charge in [0.1, 0.15) is 0 Å². The summed E-state index contributed by atoms with van der Waals surface area (Å²) in [6.07, 6.45) is 9.01. The quantitative estimate of drug-likeness (QED) is 0.662. The Balaban J connectivity index is 2.48. The standard InChI is InChI=1S/C12H20O/c1-10(9-13)6-7-11-5-4-8-12(11,2)3/h4,6,8,11,13H,5,7,9H2,1-3H3/b10-6-. The number of hydrogen-bond donors (Lipinski definition) is 1. The minimum absolute atomic E-state index is 0.195. The molecule has 0 radical (unpaired) electrons. The summed E-state index contributed by atoms with van der Waals surface area (Å²) in [5.41, 5.74) is 1.43. The highest BCUT2D eigenvalue weighted by molar-refractivity contribution is 5.10. The van der Waals surface area contributed by atoms with Gasteiger partial charge in [0.05, 0.1) is 6.61 Å². The number of rotatable bonds is 3. The van der Waals surface area contributed by atoms with Crippen LogP contribution in [0.15, 0.2) is 23.8 Å². The lowest BCUT2D eigenvalue weighted by molar-refractivity contribution is 0.306. The molecule has 0 saturated carbocycles. The largest absolute Gasteiger partial charge is 0.392 e. The van der Waals surface area contributed by atoms with Gasteiger partial charge in [-0.1, -0.05) is 37.6 Å². The van der Waals surface area contributed by atoms with Crippen molar-refractivity contribution in [2.75, 3.05) is 6.61 Å². The van der Waals surface area contributed by atoms with E-state index in [2.05, 4.69) is 32.1 Å². The van der Waals surface area contributed by atoms with E-state index in [9.17, 15) is 0 Å². The average Bonchev–Trinajstić information content (AvgIpc) is 2.41. The highest BCUT2D eigenvalue weighted by atomic mass is 16.3. The second-order valence-corrected chi connectivity index (χ2v) is 4.60. The predicted molar refractivity (Wildman–Crippen MR) is 56.5 cm³/mol. The second kappa shape index (κ2) is 4.10. The number of aliphatic hydroxyl groups excluding tert-OH is 1. The first kappa shape index (κ1) is 10.5. The molecule has 1 heteroatoms. The van der Waals surface area contributed by atoms with Crippen LogP contribution in [0.5, 0.6) is 0 Å². The van der Waals surface area contributed by atoms with Crippen molar-refractivity contribution in [1.29, 1.82) is 0 Å². The third-order valence-electron chi connectivity index (χ3n) is 3.02. The van der Waals surface area contributed by atoms with Crippen molar-refractivity contribution in [1.82, 2.24) is 0 Å². The fourth-order valence-electron chi connectivity index (χ4n) is 1.78. The van der Waals surface area contributed by atoms with Crippen molar-refractivity contribution >= 4 is 0 Å². The van der Waals surface area contributed by atoms with Gasteiger partial charge in [-0.15, -0.1) is 0 Å². The topological polar surface area (TPSA) is 20.2 Å². The summed E-state index contributed by atoms with van der Waals surface area (Å²) < 4.78 is 0. The molecule has 0 spiro atoms. The molecular formula is C12H20O. The Morgan fingerprint density at radius 1 is 1.62 bits per heavy atom. The van der Waals surface area contributed by atoms with Crippen molar-refractivity contribution in [3.05, 3.63) is 23.8 Å². The van der Waals surface area contributed by atoms with Crippen LogP contribution in [0.4, 0.5) is 0 Å². The maximum atomic E-state index is 8.85. The zero-order chi connectivity index (χ0) is 9.90. The first-order valence-corrected chi connectivity index (χ1v) is 5.00. The normalized spacial score (nSPS) is 26.8. The molecule has 0 aromatic heterocycles. The summed E-state index contributed by atoms with van der Waals surface area (Å²) in [5.74, 6) is 0.717. The van der Waals surface area contributed by atoms with Crippen molar-refractivity contribution in [2.45, 2.75) is 33.6 Å². The van der Waals surface area contributed by atoms with Crippen LogP contribution in [0.1, 0.15) is 33.6 Å². The van der Waals surface area contributed by atoms with E-state index in [1.807, 2.05) is 6.92 Å². The number of hydrogen-bond acceptors (Lipinski definition) is 1. The average molecular weight is 180 g/mol. The first-order chi connectivity index (χ1) is 6.06. The molecule has 1 atom stereocenters. The van der Waals surface area contributed by atoms with Gasteiger partial charge in [-0.25, -0.2) is 0 Å². The lowest BCUT2D eigenvalue weighted by Gasteiger charge is -2.25. The van der Waals surface area contributed by atoms with Crippen molar-refractivity contribution in [3.63, 3.8) is 0 Å². The minimum atomic E-state index is 0.195. The second-order valence-electron chi connectivity index (χ2n) is 4.60. The molecule has 0 amide bonds. The molecule has 1 aliphatic carbocycles. The van der Waals surface area contributed by atoms with Crippen LogP contribution < -0.4 is 0 Å². The third kappa shape index (κ3) is 2.70. The van der Waals surface area contributed by atoms with Gasteiger partial charge >= 0.3 is 0 Å². The van der Waals surface area contributed by atoms with E-state index >= 15 is 0 Å². The zero-order valence-electron chi connectivity index (χ0n) is 8.88. The van der Waals surface area contributed by atoms with E-state index in [0.29, 0.717) is 11.3 Å². The highest BCUT2D eigenvalue weighted by Gasteiger charge is 2.28. The zero-order valence-corrected chi connectivity index (χ0v) is 8.88. The van der Waals surface area contributed by atoms with Crippen LogP contribution in [0, 0.1) is 11.3 Å². The van der Waals surface area contributed by atoms with Gasteiger partial charge in [-0.2, -0.15) is 0 Å². The van der Waals surface area contributed by atoms with Gasteiger partial charge in [0, 0.05) is 0 Å². The maximum absolute atomic E-state index is 8.85. The van der Waals surface area contributed by atoms with E-state index in [-0.39, 0.29) is 6.61 Å².